The molecule has 4 aliphatic rings. The van der Waals surface area contributed by atoms with Crippen molar-refractivity contribution in [2.45, 2.75) is 44.2 Å². The topological polar surface area (TPSA) is 40.5 Å². The maximum absolute atomic E-state index is 12.9. The number of halogens is 3. The summed E-state index contributed by atoms with van der Waals surface area (Å²) in [5.41, 5.74) is -0.0253. The van der Waals surface area contributed by atoms with Gasteiger partial charge in [0.05, 0.1) is 11.0 Å². The van der Waals surface area contributed by atoms with Crippen LogP contribution in [0.5, 0.6) is 0 Å². The third-order valence-electron chi connectivity index (χ3n) is 6.43. The van der Waals surface area contributed by atoms with E-state index in [1.165, 1.54) is 12.1 Å². The maximum atomic E-state index is 12.9. The molecule has 1 aromatic carbocycles. The van der Waals surface area contributed by atoms with Crippen LogP contribution in [0, 0.1) is 10.8 Å². The van der Waals surface area contributed by atoms with Crippen LogP contribution in [0.15, 0.2) is 24.3 Å². The lowest BCUT2D eigenvalue weighted by atomic mass is 9.35. The molecule has 0 aromatic heterocycles. The maximum Gasteiger partial charge on any atom is 0.416 e. The van der Waals surface area contributed by atoms with Gasteiger partial charge in [0.25, 0.3) is 0 Å². The number of rotatable bonds is 4. The molecular weight excluding hydrogens is 331 g/mol. The third kappa shape index (κ3) is 2.84. The molecule has 136 valence electrons. The fourth-order valence-electron chi connectivity index (χ4n) is 5.26. The third-order valence-corrected chi connectivity index (χ3v) is 6.43. The van der Waals surface area contributed by atoms with Crippen LogP contribution in [-0.2, 0) is 11.0 Å². The first kappa shape index (κ1) is 16.9. The zero-order chi connectivity index (χ0) is 17.9. The second kappa shape index (κ2) is 5.47. The Morgan fingerprint density at radius 1 is 1.20 bits per heavy atom. The molecule has 1 saturated heterocycles. The van der Waals surface area contributed by atoms with Crippen LogP contribution < -0.4 is 0 Å². The Kier molecular flexibility index (Phi) is 3.69. The van der Waals surface area contributed by atoms with Gasteiger partial charge in [-0.15, -0.1) is 0 Å². The van der Waals surface area contributed by atoms with E-state index in [1.54, 1.807) is 6.07 Å². The zero-order valence-electron chi connectivity index (χ0n) is 14.0. The van der Waals surface area contributed by atoms with Crippen molar-refractivity contribution < 1.29 is 23.1 Å². The van der Waals surface area contributed by atoms with Crippen molar-refractivity contribution >= 4 is 5.97 Å². The van der Waals surface area contributed by atoms with Gasteiger partial charge in [0, 0.05) is 6.54 Å². The summed E-state index contributed by atoms with van der Waals surface area (Å²) in [5.74, 6) is -0.477. The molecule has 0 radical (unpaired) electrons. The molecule has 0 atom stereocenters. The highest BCUT2D eigenvalue weighted by atomic mass is 19.4. The number of aliphatic carboxylic acids is 1. The zero-order valence-corrected chi connectivity index (χ0v) is 14.0. The number of piperidine rings is 1. The molecule has 0 spiro atoms. The van der Waals surface area contributed by atoms with Gasteiger partial charge in [-0.05, 0) is 68.2 Å². The summed E-state index contributed by atoms with van der Waals surface area (Å²) in [4.78, 5) is 13.6. The minimum Gasteiger partial charge on any atom is -0.481 e. The second-order valence-corrected chi connectivity index (χ2v) is 8.29. The molecule has 1 aliphatic heterocycles. The van der Waals surface area contributed by atoms with Crippen molar-refractivity contribution in [3.05, 3.63) is 35.4 Å². The monoisotopic (exact) mass is 353 g/mol. The Morgan fingerprint density at radius 3 is 2.40 bits per heavy atom. The van der Waals surface area contributed by atoms with Gasteiger partial charge in [-0.1, -0.05) is 18.2 Å². The van der Waals surface area contributed by atoms with Crippen molar-refractivity contribution in [3.8, 4) is 0 Å². The van der Waals surface area contributed by atoms with Crippen molar-refractivity contribution in [2.24, 2.45) is 10.8 Å². The number of alkyl halides is 3. The van der Waals surface area contributed by atoms with Crippen LogP contribution in [-0.4, -0.2) is 35.6 Å². The fourth-order valence-corrected chi connectivity index (χ4v) is 5.26. The highest BCUT2D eigenvalue weighted by Gasteiger charge is 2.71. The van der Waals surface area contributed by atoms with Crippen LogP contribution in [0.3, 0.4) is 0 Å². The number of benzene rings is 1. The Balaban J connectivity index is 1.32. The Hall–Kier alpha value is -1.56. The lowest BCUT2D eigenvalue weighted by molar-refractivity contribution is -0.228. The van der Waals surface area contributed by atoms with Crippen LogP contribution in [0.2, 0.25) is 0 Å². The van der Waals surface area contributed by atoms with E-state index in [4.69, 9.17) is 0 Å². The number of likely N-dealkylation sites (tertiary alicyclic amines) is 1. The van der Waals surface area contributed by atoms with Gasteiger partial charge in [0.15, 0.2) is 0 Å². The van der Waals surface area contributed by atoms with Gasteiger partial charge >= 0.3 is 12.1 Å². The summed E-state index contributed by atoms with van der Waals surface area (Å²) in [6.07, 6.45) is -0.182. The predicted molar refractivity (Wildman–Crippen MR) is 86.2 cm³/mol. The molecular formula is C19H22F3NO2. The molecule has 3 aliphatic carbocycles. The normalized spacial score (nSPS) is 32.8. The minimum absolute atomic E-state index is 0.178. The molecule has 3 saturated carbocycles. The van der Waals surface area contributed by atoms with E-state index in [-0.39, 0.29) is 11.3 Å². The average molecular weight is 353 g/mol. The molecule has 25 heavy (non-hydrogen) atoms. The quantitative estimate of drug-likeness (QED) is 0.884. The summed E-state index contributed by atoms with van der Waals surface area (Å²) in [6.45, 7) is 2.70. The van der Waals surface area contributed by atoms with E-state index in [0.717, 1.165) is 63.4 Å². The predicted octanol–water partition coefficient (Wildman–Crippen LogP) is 4.14. The van der Waals surface area contributed by atoms with E-state index in [2.05, 4.69) is 4.90 Å². The van der Waals surface area contributed by atoms with Crippen LogP contribution >= 0.6 is 0 Å². The first-order valence-corrected chi connectivity index (χ1v) is 8.84. The molecule has 1 aromatic rings. The van der Waals surface area contributed by atoms with Crippen molar-refractivity contribution in [3.63, 3.8) is 0 Å². The number of hydrogen-bond donors (Lipinski definition) is 1. The molecule has 4 fully saturated rings. The smallest absolute Gasteiger partial charge is 0.416 e. The standard InChI is InChI=1S/C19H22F3NO2/c20-19(21,22)15-3-1-2-14(8-15)13-4-6-23(7-5-13)12-17-9-18(10-17,11-17)16(24)25/h1-3,8,13H,4-7,9-12H2,(H,24,25). The van der Waals surface area contributed by atoms with Gasteiger partial charge in [0.1, 0.15) is 0 Å². The lowest BCUT2D eigenvalue weighted by Gasteiger charge is -2.69. The largest absolute Gasteiger partial charge is 0.481 e. The molecule has 1 heterocycles. The van der Waals surface area contributed by atoms with E-state index in [1.807, 2.05) is 0 Å². The number of hydrogen-bond acceptors (Lipinski definition) is 2. The first-order chi connectivity index (χ1) is 11.7. The number of nitrogens with zero attached hydrogens (tertiary/aromatic N) is 1. The molecule has 3 nitrogen and oxygen atoms in total. The summed E-state index contributed by atoms with van der Waals surface area (Å²) in [5, 5.41) is 9.20. The SMILES string of the molecule is O=C(O)C12CC(CN3CCC(c4cccc(C(F)(F)F)c4)CC3)(C1)C2. The fraction of sp³-hybridized carbons (Fsp3) is 0.632. The summed E-state index contributed by atoms with van der Waals surface area (Å²) in [6, 6.07) is 5.71. The minimum atomic E-state index is -4.29. The van der Waals surface area contributed by atoms with Crippen molar-refractivity contribution in [1.29, 1.82) is 0 Å². The van der Waals surface area contributed by atoms with Crippen LogP contribution in [0.1, 0.15) is 49.1 Å². The van der Waals surface area contributed by atoms with Gasteiger partial charge in [-0.25, -0.2) is 0 Å². The number of carboxylic acids is 1. The van der Waals surface area contributed by atoms with E-state index in [0.29, 0.717) is 0 Å². The van der Waals surface area contributed by atoms with Crippen LogP contribution in [0.4, 0.5) is 13.2 Å². The Labute approximate surface area is 144 Å². The second-order valence-electron chi connectivity index (χ2n) is 8.29. The molecule has 2 bridgehead atoms. The highest BCUT2D eigenvalue weighted by Crippen LogP contribution is 2.73. The van der Waals surface area contributed by atoms with Gasteiger partial charge < -0.3 is 10.0 Å². The molecule has 0 unspecified atom stereocenters. The highest BCUT2D eigenvalue weighted by molar-refractivity contribution is 5.79. The summed E-state index contributed by atoms with van der Waals surface area (Å²) < 4.78 is 38.6. The summed E-state index contributed by atoms with van der Waals surface area (Å²) in [7, 11) is 0. The van der Waals surface area contributed by atoms with Gasteiger partial charge in [-0.2, -0.15) is 13.2 Å². The molecule has 0 amide bonds. The van der Waals surface area contributed by atoms with Crippen molar-refractivity contribution in [2.75, 3.05) is 19.6 Å². The molecule has 5 rings (SSSR count). The number of carbonyl (C=O) groups is 1. The Morgan fingerprint density at radius 2 is 1.84 bits per heavy atom. The Bertz CT molecular complexity index is 672. The van der Waals surface area contributed by atoms with Crippen LogP contribution in [0.25, 0.3) is 0 Å². The molecule has 6 heteroatoms. The van der Waals surface area contributed by atoms with E-state index >= 15 is 0 Å². The van der Waals surface area contributed by atoms with E-state index < -0.39 is 23.1 Å². The molecule has 1 N–H and O–H groups in total. The van der Waals surface area contributed by atoms with E-state index in [9.17, 15) is 23.1 Å². The lowest BCUT2D eigenvalue weighted by Crippen LogP contribution is -2.68. The first-order valence-electron chi connectivity index (χ1n) is 8.84. The number of carboxylic acid groups (broad SMARTS) is 1. The van der Waals surface area contributed by atoms with Crippen molar-refractivity contribution in [1.82, 2.24) is 4.90 Å². The average Bonchev–Trinajstić information content (AvgIpc) is 2.49. The van der Waals surface area contributed by atoms with Gasteiger partial charge in [0.2, 0.25) is 0 Å². The summed E-state index contributed by atoms with van der Waals surface area (Å²) >= 11 is 0. The van der Waals surface area contributed by atoms with Gasteiger partial charge in [-0.3, -0.25) is 4.79 Å².